The van der Waals surface area contributed by atoms with Crippen molar-refractivity contribution < 1.29 is 32.2 Å². The van der Waals surface area contributed by atoms with Gasteiger partial charge in [-0.15, -0.1) is 0 Å². The molecule has 16 heteroatoms. The van der Waals surface area contributed by atoms with Crippen molar-refractivity contribution in [1.82, 2.24) is 29.9 Å². The fourth-order valence-electron chi connectivity index (χ4n) is 6.52. The minimum atomic E-state index is -3.75. The number of hydrogen-bond donors (Lipinski definition) is 4. The Kier molecular flexibility index (Phi) is 10.9. The van der Waals surface area contributed by atoms with Crippen LogP contribution in [-0.2, 0) is 41.3 Å². The summed E-state index contributed by atoms with van der Waals surface area (Å²) in [6.45, 7) is 4.63. The molecule has 284 valence electrons. The van der Waals surface area contributed by atoms with E-state index in [0.29, 0.717) is 28.5 Å². The first-order chi connectivity index (χ1) is 25.4. The summed E-state index contributed by atoms with van der Waals surface area (Å²) in [6, 6.07) is 8.71. The monoisotopic (exact) mass is 779 g/mol. The van der Waals surface area contributed by atoms with E-state index in [1.807, 2.05) is 6.92 Å². The third-order valence-electron chi connectivity index (χ3n) is 8.94. The molecular weight excluding hydrogens is 740 g/mol. The van der Waals surface area contributed by atoms with Crippen molar-refractivity contribution in [3.8, 4) is 23.0 Å². The Labute approximate surface area is 316 Å². The number of halogens is 3. The predicted molar refractivity (Wildman–Crippen MR) is 201 cm³/mol. The Morgan fingerprint density at radius 3 is 2.43 bits per heavy atom. The van der Waals surface area contributed by atoms with Gasteiger partial charge in [0, 0.05) is 42.5 Å². The number of carbonyl (C=O) groups is 1. The molecule has 0 bridgehead atoms. The van der Waals surface area contributed by atoms with E-state index in [-0.39, 0.29) is 53.3 Å². The van der Waals surface area contributed by atoms with Gasteiger partial charge in [0.2, 0.25) is 15.9 Å². The number of nitrogens with zero attached hydrogens (tertiary/aromatic N) is 5. The highest BCUT2D eigenvalue weighted by molar-refractivity contribution is 7.92. The minimum absolute atomic E-state index is 0.00448. The molecule has 3 heterocycles. The van der Waals surface area contributed by atoms with Gasteiger partial charge < -0.3 is 15.5 Å². The number of amides is 1. The number of benzene rings is 2. The zero-order valence-corrected chi connectivity index (χ0v) is 31.9. The summed E-state index contributed by atoms with van der Waals surface area (Å²) < 4.78 is 59.1. The number of carbonyl (C=O) groups excluding carboxylic acids is 1. The van der Waals surface area contributed by atoms with Crippen molar-refractivity contribution in [2.45, 2.75) is 70.6 Å². The molecule has 0 aliphatic heterocycles. The largest absolute Gasteiger partial charge is 0.396 e. The van der Waals surface area contributed by atoms with Gasteiger partial charge in [-0.3, -0.25) is 18.9 Å². The first-order valence-corrected chi connectivity index (χ1v) is 19.5. The number of aryl methyl sites for hydroxylation is 1. The second-order valence-corrected chi connectivity index (χ2v) is 16.2. The lowest BCUT2D eigenvalue weighted by Gasteiger charge is -2.23. The van der Waals surface area contributed by atoms with E-state index in [4.69, 9.17) is 21.7 Å². The molecule has 0 saturated heterocycles. The molecule has 0 unspecified atom stereocenters. The zero-order chi connectivity index (χ0) is 39.1. The molecule has 1 amide bonds. The van der Waals surface area contributed by atoms with Gasteiger partial charge in [-0.25, -0.2) is 22.2 Å². The Balaban J connectivity index is 1.51. The van der Waals surface area contributed by atoms with Crippen LogP contribution in [0.2, 0.25) is 5.02 Å². The minimum Gasteiger partial charge on any atom is -0.396 e. The van der Waals surface area contributed by atoms with Gasteiger partial charge in [-0.2, -0.15) is 10.2 Å². The molecule has 12 nitrogen and oxygen atoms in total. The number of rotatable bonds is 12. The van der Waals surface area contributed by atoms with Crippen LogP contribution in [0.4, 0.5) is 14.6 Å². The normalized spacial score (nSPS) is 13.8. The first-order valence-electron chi connectivity index (χ1n) is 17.2. The molecular formula is C38H40ClF2N7O5S. The maximum absolute atomic E-state index is 14.6. The predicted octanol–water partition coefficient (Wildman–Crippen LogP) is 5.08. The van der Waals surface area contributed by atoms with E-state index in [1.54, 1.807) is 36.0 Å². The van der Waals surface area contributed by atoms with Crippen molar-refractivity contribution in [3.05, 3.63) is 93.0 Å². The fraction of sp³-hybridized carbons (Fsp3) is 0.368. The average Bonchev–Trinajstić information content (AvgIpc) is 3.80. The summed E-state index contributed by atoms with van der Waals surface area (Å²) in [5.41, 5.74) is 3.31. The number of aliphatic hydroxyl groups is 2. The van der Waals surface area contributed by atoms with E-state index >= 15 is 0 Å². The second-order valence-electron chi connectivity index (χ2n) is 14.1. The Bertz CT molecular complexity index is 2420. The third kappa shape index (κ3) is 8.90. The van der Waals surface area contributed by atoms with Crippen LogP contribution >= 0.6 is 11.6 Å². The number of pyridine rings is 1. The summed E-state index contributed by atoms with van der Waals surface area (Å²) in [5, 5.41) is 32.8. The summed E-state index contributed by atoms with van der Waals surface area (Å²) in [7, 11) is -2.13. The number of aliphatic hydroxyl groups excluding tert-OH is 1. The highest BCUT2D eigenvalue weighted by Crippen LogP contribution is 2.42. The van der Waals surface area contributed by atoms with Crippen molar-refractivity contribution in [2.75, 3.05) is 17.6 Å². The van der Waals surface area contributed by atoms with Crippen LogP contribution in [-0.4, -0.2) is 67.5 Å². The molecule has 1 aliphatic carbocycles. The van der Waals surface area contributed by atoms with Gasteiger partial charge in [-0.1, -0.05) is 23.6 Å². The molecule has 1 atom stereocenters. The van der Waals surface area contributed by atoms with E-state index < -0.39 is 39.2 Å². The molecule has 6 rings (SSSR count). The van der Waals surface area contributed by atoms with Crippen LogP contribution in [0.5, 0.6) is 0 Å². The van der Waals surface area contributed by atoms with Crippen LogP contribution < -0.4 is 10.0 Å². The SMILES string of the molecule is Cc1c(CCO)c(C2CC2)nn1CC(=O)N[C@@H](Cc1cc(F)cc(F)c1)c1nc(C#CC(C)(C)O)ccc1-c1ccc(Cl)c2c(NS(C)(=O)=O)nn(C)c12. The van der Waals surface area contributed by atoms with Crippen LogP contribution in [0.25, 0.3) is 22.0 Å². The van der Waals surface area contributed by atoms with Crippen LogP contribution in [0.3, 0.4) is 0 Å². The quantitative estimate of drug-likeness (QED) is 0.128. The second kappa shape index (κ2) is 15.1. The third-order valence-corrected chi connectivity index (χ3v) is 9.82. The number of anilines is 1. The van der Waals surface area contributed by atoms with Gasteiger partial charge in [0.15, 0.2) is 5.82 Å². The smallest absolute Gasteiger partial charge is 0.242 e. The lowest BCUT2D eigenvalue weighted by atomic mass is 9.93. The maximum Gasteiger partial charge on any atom is 0.242 e. The zero-order valence-electron chi connectivity index (χ0n) is 30.3. The molecule has 1 fully saturated rings. The van der Waals surface area contributed by atoms with Gasteiger partial charge in [0.1, 0.15) is 29.5 Å². The molecule has 3 aromatic heterocycles. The van der Waals surface area contributed by atoms with Gasteiger partial charge in [0.25, 0.3) is 0 Å². The topological polar surface area (TPSA) is 164 Å². The van der Waals surface area contributed by atoms with Gasteiger partial charge >= 0.3 is 0 Å². The number of hydrogen-bond acceptors (Lipinski definition) is 8. The molecule has 4 N–H and O–H groups in total. The first kappa shape index (κ1) is 38.8. The summed E-state index contributed by atoms with van der Waals surface area (Å²) >= 11 is 6.63. The number of aromatic nitrogens is 5. The van der Waals surface area contributed by atoms with Crippen molar-refractivity contribution in [3.63, 3.8) is 0 Å². The van der Waals surface area contributed by atoms with Crippen molar-refractivity contribution >= 4 is 44.3 Å². The Hall–Kier alpha value is -4.88. The van der Waals surface area contributed by atoms with Crippen molar-refractivity contribution in [2.24, 2.45) is 7.05 Å². The van der Waals surface area contributed by atoms with Gasteiger partial charge in [-0.05, 0) is 93.8 Å². The number of nitrogens with one attached hydrogen (secondary N) is 2. The van der Waals surface area contributed by atoms with E-state index in [2.05, 4.69) is 27.0 Å². The van der Waals surface area contributed by atoms with E-state index in [0.717, 1.165) is 42.1 Å². The number of sulfonamides is 1. The molecule has 0 spiro atoms. The highest BCUT2D eigenvalue weighted by atomic mass is 35.5. The Morgan fingerprint density at radius 1 is 1.11 bits per heavy atom. The molecule has 0 radical (unpaired) electrons. The molecule has 1 saturated carbocycles. The highest BCUT2D eigenvalue weighted by Gasteiger charge is 2.31. The van der Waals surface area contributed by atoms with Gasteiger partial charge in [0.05, 0.1) is 39.6 Å². The van der Waals surface area contributed by atoms with Crippen LogP contribution in [0.1, 0.15) is 72.6 Å². The summed E-state index contributed by atoms with van der Waals surface area (Å²) in [5.74, 6) is 3.82. The molecule has 1 aliphatic rings. The molecule has 54 heavy (non-hydrogen) atoms. The number of fused-ring (bicyclic) bond motifs is 1. The van der Waals surface area contributed by atoms with Crippen molar-refractivity contribution in [1.29, 1.82) is 0 Å². The molecule has 2 aromatic carbocycles. The molecule has 5 aromatic rings. The summed E-state index contributed by atoms with van der Waals surface area (Å²) in [4.78, 5) is 18.9. The maximum atomic E-state index is 14.6. The van der Waals surface area contributed by atoms with E-state index in [1.165, 1.54) is 30.7 Å². The summed E-state index contributed by atoms with van der Waals surface area (Å²) in [6.07, 6.45) is 3.26. The Morgan fingerprint density at radius 2 is 1.80 bits per heavy atom. The van der Waals surface area contributed by atoms with Crippen LogP contribution in [0, 0.1) is 30.4 Å². The standard InChI is InChI=1S/C38H40ClF2N7O5S/c1-21-27(13-15-49)34(23-6-7-23)44-48(21)20-32(50)43-31(18-22-16-24(40)19-25(41)17-22)35-28(9-8-26(42-35)12-14-38(2,3)51)29-10-11-30(39)33-36(29)47(4)45-37(33)46-54(5,52)53/h8-11,16-17,19,23,31,49,51H,6-7,13,15,18,20H2,1-5H3,(H,43,50)(H,45,46)/t31-/m0/s1. The van der Waals surface area contributed by atoms with Crippen LogP contribution in [0.15, 0.2) is 42.5 Å². The lowest BCUT2D eigenvalue weighted by molar-refractivity contribution is -0.122. The fourth-order valence-corrected chi connectivity index (χ4v) is 7.26. The average molecular weight is 780 g/mol. The lowest BCUT2D eigenvalue weighted by Crippen LogP contribution is -2.34. The van der Waals surface area contributed by atoms with E-state index in [9.17, 15) is 32.2 Å².